The van der Waals surface area contributed by atoms with Crippen molar-refractivity contribution in [1.82, 2.24) is 5.32 Å². The lowest BCUT2D eigenvalue weighted by molar-refractivity contribution is -0.119. The lowest BCUT2D eigenvalue weighted by Crippen LogP contribution is -2.41. The zero-order valence-corrected chi connectivity index (χ0v) is 23.3. The third kappa shape index (κ3) is 7.64. The fourth-order valence-corrected chi connectivity index (χ4v) is 6.29. The summed E-state index contributed by atoms with van der Waals surface area (Å²) in [6.45, 7) is 2.02. The largest absolute Gasteiger partial charge is 0.496 e. The van der Waals surface area contributed by atoms with Gasteiger partial charge in [0.1, 0.15) is 12.3 Å². The number of benzene rings is 3. The van der Waals surface area contributed by atoms with Gasteiger partial charge in [-0.05, 0) is 89.6 Å². The quantitative estimate of drug-likeness (QED) is 0.220. The number of carbonyl (C=O) groups excluding carboxylic acids is 1. The molecule has 0 aliphatic heterocycles. The number of carbonyl (C=O) groups is 1. The molecule has 0 saturated carbocycles. The molecule has 3 aromatic rings. The van der Waals surface area contributed by atoms with Gasteiger partial charge in [0.05, 0.1) is 22.2 Å². The normalized spacial score (nSPS) is 11.2. The van der Waals surface area contributed by atoms with E-state index in [1.807, 2.05) is 43.3 Å². The maximum atomic E-state index is 13.5. The van der Waals surface area contributed by atoms with E-state index in [2.05, 4.69) is 21.2 Å². The molecule has 1 N–H and O–H groups in total. The van der Waals surface area contributed by atoms with Crippen LogP contribution in [-0.4, -0.2) is 40.3 Å². The molecule has 0 saturated heterocycles. The molecule has 0 unspecified atom stereocenters. The number of methoxy groups -OCH3 is 1. The van der Waals surface area contributed by atoms with Crippen LogP contribution in [-0.2, 0) is 14.8 Å². The summed E-state index contributed by atoms with van der Waals surface area (Å²) >= 11 is 10.9. The van der Waals surface area contributed by atoms with Crippen molar-refractivity contribution < 1.29 is 17.9 Å². The van der Waals surface area contributed by atoms with Crippen LogP contribution in [0.25, 0.3) is 0 Å². The summed E-state index contributed by atoms with van der Waals surface area (Å²) in [6, 6.07) is 19.1. The van der Waals surface area contributed by atoms with Crippen molar-refractivity contribution in [2.45, 2.75) is 23.1 Å². The second-order valence-corrected chi connectivity index (χ2v) is 12.0. The third-order valence-corrected chi connectivity index (χ3v) is 8.79. The second-order valence-electron chi connectivity index (χ2n) is 7.65. The standard InChI is InChI=1S/C25H26BrClN2O4S2/c1-18-4-8-20(9-5-18)29(35(31,32)22-12-13-24(33-2)23(26)16-22)17-25(30)28-14-3-15-34-21-10-6-19(27)7-11-21/h4-13,16H,3,14-15,17H2,1-2H3,(H,28,30). The maximum absolute atomic E-state index is 13.5. The molecule has 0 heterocycles. The third-order valence-electron chi connectivity index (χ3n) is 5.05. The van der Waals surface area contributed by atoms with Gasteiger partial charge in [0.15, 0.2) is 0 Å². The van der Waals surface area contributed by atoms with Gasteiger partial charge in [-0.1, -0.05) is 29.3 Å². The molecule has 3 aromatic carbocycles. The van der Waals surface area contributed by atoms with Gasteiger partial charge in [-0.15, -0.1) is 11.8 Å². The number of nitrogens with one attached hydrogen (secondary N) is 1. The second kappa shape index (κ2) is 12.7. The number of anilines is 1. The van der Waals surface area contributed by atoms with Crippen LogP contribution in [0.4, 0.5) is 5.69 Å². The number of amides is 1. The van der Waals surface area contributed by atoms with Crippen LogP contribution in [0.2, 0.25) is 5.02 Å². The zero-order chi connectivity index (χ0) is 25.4. The van der Waals surface area contributed by atoms with E-state index < -0.39 is 10.0 Å². The van der Waals surface area contributed by atoms with Crippen LogP contribution in [0, 0.1) is 6.92 Å². The lowest BCUT2D eigenvalue weighted by atomic mass is 10.2. The first kappa shape index (κ1) is 27.4. The number of ether oxygens (including phenoxy) is 1. The predicted octanol–water partition coefficient (Wildman–Crippen LogP) is 5.91. The fraction of sp³-hybridized carbons (Fsp3) is 0.240. The number of hydrogen-bond donors (Lipinski definition) is 1. The molecular formula is C25H26BrClN2O4S2. The van der Waals surface area contributed by atoms with E-state index in [1.165, 1.54) is 19.2 Å². The Kier molecular flexibility index (Phi) is 9.91. The minimum absolute atomic E-state index is 0.0536. The van der Waals surface area contributed by atoms with Crippen molar-refractivity contribution in [3.8, 4) is 5.75 Å². The molecule has 0 aliphatic carbocycles. The SMILES string of the molecule is COc1ccc(S(=O)(=O)N(CC(=O)NCCCSc2ccc(Cl)cc2)c2ccc(C)cc2)cc1Br. The van der Waals surface area contributed by atoms with Crippen molar-refractivity contribution in [1.29, 1.82) is 0 Å². The molecule has 1 amide bonds. The Bertz CT molecular complexity index is 1250. The highest BCUT2D eigenvalue weighted by atomic mass is 79.9. The molecule has 0 spiro atoms. The Hall–Kier alpha value is -2.20. The molecule has 6 nitrogen and oxygen atoms in total. The van der Waals surface area contributed by atoms with Crippen LogP contribution in [0.15, 0.2) is 81.0 Å². The first-order chi connectivity index (χ1) is 16.7. The molecule has 0 fully saturated rings. The highest BCUT2D eigenvalue weighted by Crippen LogP contribution is 2.30. The summed E-state index contributed by atoms with van der Waals surface area (Å²) in [5.41, 5.74) is 1.40. The average Bonchev–Trinajstić information content (AvgIpc) is 2.84. The Balaban J connectivity index is 1.68. The molecule has 0 atom stereocenters. The number of halogens is 2. The summed E-state index contributed by atoms with van der Waals surface area (Å²) in [6.07, 6.45) is 0.738. The van der Waals surface area contributed by atoms with Crippen LogP contribution in [0.3, 0.4) is 0 Å². The number of sulfonamides is 1. The van der Waals surface area contributed by atoms with Gasteiger partial charge in [0.2, 0.25) is 5.91 Å². The van der Waals surface area contributed by atoms with Crippen LogP contribution in [0.5, 0.6) is 5.75 Å². The monoisotopic (exact) mass is 596 g/mol. The van der Waals surface area contributed by atoms with Gasteiger partial charge in [-0.2, -0.15) is 0 Å². The van der Waals surface area contributed by atoms with Crippen LogP contribution >= 0.6 is 39.3 Å². The zero-order valence-electron chi connectivity index (χ0n) is 19.3. The van der Waals surface area contributed by atoms with Crippen LogP contribution < -0.4 is 14.4 Å². The summed E-state index contributed by atoms with van der Waals surface area (Å²) in [5, 5.41) is 3.53. The first-order valence-electron chi connectivity index (χ1n) is 10.8. The van der Waals surface area contributed by atoms with E-state index >= 15 is 0 Å². The molecule has 35 heavy (non-hydrogen) atoms. The lowest BCUT2D eigenvalue weighted by Gasteiger charge is -2.24. The van der Waals surface area contributed by atoms with Crippen molar-refractivity contribution in [3.63, 3.8) is 0 Å². The van der Waals surface area contributed by atoms with Crippen LogP contribution in [0.1, 0.15) is 12.0 Å². The maximum Gasteiger partial charge on any atom is 0.264 e. The average molecular weight is 598 g/mol. The minimum atomic E-state index is -4.01. The number of thioether (sulfide) groups is 1. The van der Waals surface area contributed by atoms with Gasteiger partial charge in [0, 0.05) is 16.5 Å². The molecule has 3 rings (SSSR count). The van der Waals surface area contributed by atoms with E-state index in [9.17, 15) is 13.2 Å². The summed E-state index contributed by atoms with van der Waals surface area (Å²) in [5.74, 6) is 0.945. The summed E-state index contributed by atoms with van der Waals surface area (Å²) < 4.78 is 33.9. The Morgan fingerprint density at radius 2 is 1.77 bits per heavy atom. The van der Waals surface area contributed by atoms with E-state index in [-0.39, 0.29) is 17.3 Å². The van der Waals surface area contributed by atoms with Crippen molar-refractivity contribution in [3.05, 3.63) is 81.8 Å². The van der Waals surface area contributed by atoms with Gasteiger partial charge in [-0.25, -0.2) is 8.42 Å². The number of rotatable bonds is 11. The minimum Gasteiger partial charge on any atom is -0.496 e. The number of hydrogen-bond acceptors (Lipinski definition) is 5. The Morgan fingerprint density at radius 1 is 1.09 bits per heavy atom. The summed E-state index contributed by atoms with van der Waals surface area (Å²) in [7, 11) is -2.51. The van der Waals surface area contributed by atoms with E-state index in [0.29, 0.717) is 27.5 Å². The van der Waals surface area contributed by atoms with Gasteiger partial charge < -0.3 is 10.1 Å². The molecule has 0 radical (unpaired) electrons. The molecule has 0 aromatic heterocycles. The molecule has 0 aliphatic rings. The molecule has 186 valence electrons. The number of aryl methyl sites for hydroxylation is 1. The van der Waals surface area contributed by atoms with Gasteiger partial charge in [0.25, 0.3) is 10.0 Å². The van der Waals surface area contributed by atoms with E-state index in [1.54, 1.807) is 30.0 Å². The fourth-order valence-electron chi connectivity index (χ4n) is 3.17. The first-order valence-corrected chi connectivity index (χ1v) is 14.4. The smallest absolute Gasteiger partial charge is 0.264 e. The molecule has 0 bridgehead atoms. The van der Waals surface area contributed by atoms with E-state index in [4.69, 9.17) is 16.3 Å². The van der Waals surface area contributed by atoms with Gasteiger partial charge >= 0.3 is 0 Å². The van der Waals surface area contributed by atoms with Crippen molar-refractivity contribution in [2.24, 2.45) is 0 Å². The van der Waals surface area contributed by atoms with Crippen molar-refractivity contribution in [2.75, 3.05) is 30.3 Å². The highest BCUT2D eigenvalue weighted by Gasteiger charge is 2.28. The highest BCUT2D eigenvalue weighted by molar-refractivity contribution is 9.10. The Labute approximate surface area is 224 Å². The molecule has 10 heteroatoms. The summed E-state index contributed by atoms with van der Waals surface area (Å²) in [4.78, 5) is 13.9. The number of nitrogens with zero attached hydrogens (tertiary/aromatic N) is 1. The Morgan fingerprint density at radius 3 is 2.40 bits per heavy atom. The molecular weight excluding hydrogens is 572 g/mol. The van der Waals surface area contributed by atoms with E-state index in [0.717, 1.165) is 26.9 Å². The van der Waals surface area contributed by atoms with Crippen molar-refractivity contribution >= 4 is 60.9 Å². The predicted molar refractivity (Wildman–Crippen MR) is 146 cm³/mol. The van der Waals surface area contributed by atoms with Gasteiger partial charge in [-0.3, -0.25) is 9.10 Å². The topological polar surface area (TPSA) is 75.7 Å².